The summed E-state index contributed by atoms with van der Waals surface area (Å²) < 4.78 is 5.41. The van der Waals surface area contributed by atoms with Crippen molar-refractivity contribution in [1.82, 2.24) is 10.3 Å². The van der Waals surface area contributed by atoms with Crippen molar-refractivity contribution < 1.29 is 9.53 Å². The standard InChI is InChI=1S/C11H14ClN3O2/c12-9-4-7(5-10(13)15-9)11(16)14-6-8-2-1-3-17-8/h4-5,8H,1-3,6H2,(H2,13,15)(H,14,16). The highest BCUT2D eigenvalue weighted by molar-refractivity contribution is 6.29. The third-order valence-corrected chi connectivity index (χ3v) is 2.78. The minimum Gasteiger partial charge on any atom is -0.384 e. The van der Waals surface area contributed by atoms with E-state index >= 15 is 0 Å². The fraction of sp³-hybridized carbons (Fsp3) is 0.455. The SMILES string of the molecule is Nc1cc(C(=O)NCC2CCCO2)cc(Cl)n1. The first-order chi connectivity index (χ1) is 8.15. The molecule has 0 aliphatic carbocycles. The van der Waals surface area contributed by atoms with Crippen molar-refractivity contribution in [3.8, 4) is 0 Å². The number of anilines is 1. The molecule has 1 aliphatic heterocycles. The molecule has 1 fully saturated rings. The van der Waals surface area contributed by atoms with E-state index in [1.807, 2.05) is 0 Å². The molecule has 6 heteroatoms. The van der Waals surface area contributed by atoms with Gasteiger partial charge in [0.15, 0.2) is 0 Å². The molecule has 0 spiro atoms. The summed E-state index contributed by atoms with van der Waals surface area (Å²) in [5.41, 5.74) is 5.93. The maximum Gasteiger partial charge on any atom is 0.251 e. The number of nitrogens with two attached hydrogens (primary N) is 1. The average molecular weight is 256 g/mol. The van der Waals surface area contributed by atoms with Crippen molar-refractivity contribution in [1.29, 1.82) is 0 Å². The second-order valence-corrected chi connectivity index (χ2v) is 4.34. The normalized spacial score (nSPS) is 19.2. The first-order valence-electron chi connectivity index (χ1n) is 5.48. The second kappa shape index (κ2) is 5.33. The van der Waals surface area contributed by atoms with E-state index in [0.717, 1.165) is 19.4 Å². The van der Waals surface area contributed by atoms with Crippen LogP contribution in [0.4, 0.5) is 5.82 Å². The van der Waals surface area contributed by atoms with Crippen LogP contribution in [0.2, 0.25) is 5.15 Å². The van der Waals surface area contributed by atoms with E-state index in [9.17, 15) is 4.79 Å². The molecule has 1 aromatic heterocycles. The maximum atomic E-state index is 11.8. The first kappa shape index (κ1) is 12.1. The molecule has 1 unspecified atom stereocenters. The largest absolute Gasteiger partial charge is 0.384 e. The van der Waals surface area contributed by atoms with Crippen LogP contribution in [-0.2, 0) is 4.74 Å². The number of amides is 1. The Labute approximate surface area is 104 Å². The van der Waals surface area contributed by atoms with E-state index in [2.05, 4.69) is 10.3 Å². The predicted octanol–water partition coefficient (Wildman–Crippen LogP) is 1.23. The lowest BCUT2D eigenvalue weighted by Crippen LogP contribution is -2.31. The van der Waals surface area contributed by atoms with Gasteiger partial charge in [0.25, 0.3) is 5.91 Å². The van der Waals surface area contributed by atoms with E-state index in [-0.39, 0.29) is 23.0 Å². The molecule has 1 amide bonds. The summed E-state index contributed by atoms with van der Waals surface area (Å²) in [6.45, 7) is 1.28. The van der Waals surface area contributed by atoms with Gasteiger partial charge in [0.05, 0.1) is 6.10 Å². The second-order valence-electron chi connectivity index (χ2n) is 3.95. The van der Waals surface area contributed by atoms with Gasteiger partial charge in [-0.15, -0.1) is 0 Å². The van der Waals surface area contributed by atoms with Crippen LogP contribution in [0.3, 0.4) is 0 Å². The van der Waals surface area contributed by atoms with Crippen LogP contribution in [0, 0.1) is 0 Å². The number of hydrogen-bond acceptors (Lipinski definition) is 4. The molecule has 1 saturated heterocycles. The zero-order chi connectivity index (χ0) is 12.3. The minimum atomic E-state index is -0.212. The van der Waals surface area contributed by atoms with Gasteiger partial charge in [-0.2, -0.15) is 0 Å². The molecular weight excluding hydrogens is 242 g/mol. The lowest BCUT2D eigenvalue weighted by atomic mass is 10.2. The number of carbonyl (C=O) groups excluding carboxylic acids is 1. The smallest absolute Gasteiger partial charge is 0.251 e. The van der Waals surface area contributed by atoms with Gasteiger partial charge >= 0.3 is 0 Å². The van der Waals surface area contributed by atoms with Crippen molar-refractivity contribution >= 4 is 23.3 Å². The van der Waals surface area contributed by atoms with E-state index in [0.29, 0.717) is 12.1 Å². The van der Waals surface area contributed by atoms with Gasteiger partial charge in [0.2, 0.25) is 0 Å². The molecular formula is C11H14ClN3O2. The lowest BCUT2D eigenvalue weighted by molar-refractivity contribution is 0.0857. The topological polar surface area (TPSA) is 77.2 Å². The van der Waals surface area contributed by atoms with Gasteiger partial charge in [-0.3, -0.25) is 4.79 Å². The Balaban J connectivity index is 1.94. The van der Waals surface area contributed by atoms with Gasteiger partial charge in [-0.25, -0.2) is 4.98 Å². The zero-order valence-corrected chi connectivity index (χ0v) is 10.0. The average Bonchev–Trinajstić information content (AvgIpc) is 2.77. The van der Waals surface area contributed by atoms with Crippen LogP contribution in [-0.4, -0.2) is 30.1 Å². The molecule has 2 rings (SSSR count). The lowest BCUT2D eigenvalue weighted by Gasteiger charge is -2.11. The summed E-state index contributed by atoms with van der Waals surface area (Å²) in [6.07, 6.45) is 2.15. The Morgan fingerprint density at radius 3 is 3.12 bits per heavy atom. The molecule has 1 aliphatic rings. The summed E-state index contributed by atoms with van der Waals surface area (Å²) in [4.78, 5) is 15.6. The molecule has 5 nitrogen and oxygen atoms in total. The van der Waals surface area contributed by atoms with E-state index in [1.54, 1.807) is 0 Å². The molecule has 17 heavy (non-hydrogen) atoms. The summed E-state index contributed by atoms with van der Waals surface area (Å²) >= 11 is 5.73. The highest BCUT2D eigenvalue weighted by Gasteiger charge is 2.17. The van der Waals surface area contributed by atoms with Crippen molar-refractivity contribution in [3.05, 3.63) is 22.8 Å². The summed E-state index contributed by atoms with van der Waals surface area (Å²) in [7, 11) is 0. The third kappa shape index (κ3) is 3.31. The van der Waals surface area contributed by atoms with Crippen LogP contribution >= 0.6 is 11.6 Å². The number of aromatic nitrogens is 1. The van der Waals surface area contributed by atoms with E-state index in [4.69, 9.17) is 22.1 Å². The Morgan fingerprint density at radius 1 is 1.65 bits per heavy atom. The Hall–Kier alpha value is -1.33. The number of ether oxygens (including phenoxy) is 1. The molecule has 0 radical (unpaired) electrons. The van der Waals surface area contributed by atoms with Gasteiger partial charge in [0, 0.05) is 18.7 Å². The summed E-state index contributed by atoms with van der Waals surface area (Å²) in [5, 5.41) is 3.00. The van der Waals surface area contributed by atoms with Crippen LogP contribution in [0.15, 0.2) is 12.1 Å². The van der Waals surface area contributed by atoms with E-state index < -0.39 is 0 Å². The van der Waals surface area contributed by atoms with Gasteiger partial charge in [-0.1, -0.05) is 11.6 Å². The number of hydrogen-bond donors (Lipinski definition) is 2. The van der Waals surface area contributed by atoms with Gasteiger partial charge < -0.3 is 15.8 Å². The highest BCUT2D eigenvalue weighted by Crippen LogP contribution is 2.13. The number of nitrogens with zero attached hydrogens (tertiary/aromatic N) is 1. The highest BCUT2D eigenvalue weighted by atomic mass is 35.5. The third-order valence-electron chi connectivity index (χ3n) is 2.59. The quantitative estimate of drug-likeness (QED) is 0.797. The van der Waals surface area contributed by atoms with Gasteiger partial charge in [0.1, 0.15) is 11.0 Å². The monoisotopic (exact) mass is 255 g/mol. The summed E-state index contributed by atoms with van der Waals surface area (Å²) in [6, 6.07) is 2.99. The number of carbonyl (C=O) groups is 1. The molecule has 0 aromatic carbocycles. The molecule has 3 N–H and O–H groups in total. The molecule has 1 atom stereocenters. The Kier molecular flexibility index (Phi) is 3.81. The molecule has 1 aromatic rings. The van der Waals surface area contributed by atoms with Crippen LogP contribution in [0.25, 0.3) is 0 Å². The molecule has 0 saturated carbocycles. The number of nitrogen functional groups attached to an aromatic ring is 1. The summed E-state index contributed by atoms with van der Waals surface area (Å²) in [5.74, 6) is 0.0243. The minimum absolute atomic E-state index is 0.119. The van der Waals surface area contributed by atoms with Gasteiger partial charge in [-0.05, 0) is 25.0 Å². The Bertz CT molecular complexity index is 399. The number of halogens is 1. The van der Waals surface area contributed by atoms with Crippen LogP contribution in [0.5, 0.6) is 0 Å². The molecule has 92 valence electrons. The van der Waals surface area contributed by atoms with Crippen molar-refractivity contribution in [2.75, 3.05) is 18.9 Å². The number of pyridine rings is 1. The predicted molar refractivity (Wildman–Crippen MR) is 65.0 cm³/mol. The van der Waals surface area contributed by atoms with Crippen molar-refractivity contribution in [3.63, 3.8) is 0 Å². The van der Waals surface area contributed by atoms with Crippen molar-refractivity contribution in [2.45, 2.75) is 18.9 Å². The number of rotatable bonds is 3. The first-order valence-corrected chi connectivity index (χ1v) is 5.86. The zero-order valence-electron chi connectivity index (χ0n) is 9.28. The molecule has 0 bridgehead atoms. The fourth-order valence-corrected chi connectivity index (χ4v) is 1.98. The fourth-order valence-electron chi connectivity index (χ4n) is 1.76. The van der Waals surface area contributed by atoms with Crippen LogP contribution in [0.1, 0.15) is 23.2 Å². The number of nitrogens with one attached hydrogen (secondary N) is 1. The van der Waals surface area contributed by atoms with Crippen LogP contribution < -0.4 is 11.1 Å². The Morgan fingerprint density at radius 2 is 2.47 bits per heavy atom. The molecule has 2 heterocycles. The maximum absolute atomic E-state index is 11.8. The van der Waals surface area contributed by atoms with E-state index in [1.165, 1.54) is 12.1 Å². The van der Waals surface area contributed by atoms with Crippen molar-refractivity contribution in [2.24, 2.45) is 0 Å².